The molecule has 0 bridgehead atoms. The molecule has 1 aliphatic rings. The summed E-state index contributed by atoms with van der Waals surface area (Å²) in [4.78, 5) is 47.7. The Balaban J connectivity index is 1.57. The van der Waals surface area contributed by atoms with E-state index in [4.69, 9.17) is 5.14 Å². The van der Waals surface area contributed by atoms with Gasteiger partial charge in [0.1, 0.15) is 6.54 Å². The van der Waals surface area contributed by atoms with Gasteiger partial charge in [-0.05, 0) is 30.2 Å². The summed E-state index contributed by atoms with van der Waals surface area (Å²) in [6.07, 6.45) is 0.380. The van der Waals surface area contributed by atoms with E-state index >= 15 is 0 Å². The number of carbonyl (C=O) groups is 3. The predicted octanol–water partition coefficient (Wildman–Crippen LogP) is 0.197. The van der Waals surface area contributed by atoms with Gasteiger partial charge in [-0.1, -0.05) is 12.1 Å². The molecule has 0 atom stereocenters. The number of sulfonamides is 1. The molecule has 0 unspecified atom stereocenters. The molecule has 12 heteroatoms. The van der Waals surface area contributed by atoms with Gasteiger partial charge in [-0.2, -0.15) is 0 Å². The second kappa shape index (κ2) is 8.00. The number of amides is 3. The minimum Gasteiger partial charge on any atom is -0.354 e. The van der Waals surface area contributed by atoms with Crippen LogP contribution in [-0.4, -0.2) is 49.1 Å². The Morgan fingerprint density at radius 2 is 1.70 bits per heavy atom. The molecule has 1 aliphatic heterocycles. The molecule has 3 amide bonds. The highest BCUT2D eigenvalue weighted by atomic mass is 32.2. The molecule has 11 nitrogen and oxygen atoms in total. The van der Waals surface area contributed by atoms with Crippen molar-refractivity contribution in [3.8, 4) is 0 Å². The summed E-state index contributed by atoms with van der Waals surface area (Å²) >= 11 is 0. The van der Waals surface area contributed by atoms with E-state index in [0.29, 0.717) is 6.42 Å². The Morgan fingerprint density at radius 3 is 2.30 bits per heavy atom. The van der Waals surface area contributed by atoms with Crippen LogP contribution in [0.15, 0.2) is 47.4 Å². The highest BCUT2D eigenvalue weighted by Crippen LogP contribution is 2.26. The number of benzene rings is 2. The van der Waals surface area contributed by atoms with Gasteiger partial charge in [0.25, 0.3) is 17.5 Å². The molecule has 3 N–H and O–H groups in total. The third-order valence-electron chi connectivity index (χ3n) is 4.45. The first-order valence-electron chi connectivity index (χ1n) is 8.61. The maximum Gasteiger partial charge on any atom is 0.270 e. The van der Waals surface area contributed by atoms with E-state index in [0.717, 1.165) is 22.6 Å². The molecule has 0 fully saturated rings. The molecule has 0 aromatic heterocycles. The lowest BCUT2D eigenvalue weighted by molar-refractivity contribution is -0.384. The van der Waals surface area contributed by atoms with Gasteiger partial charge < -0.3 is 5.32 Å². The van der Waals surface area contributed by atoms with E-state index < -0.39 is 39.2 Å². The molecule has 0 saturated heterocycles. The average molecular weight is 432 g/mol. The summed E-state index contributed by atoms with van der Waals surface area (Å²) in [6.45, 7) is -0.341. The first-order valence-corrected chi connectivity index (χ1v) is 10.2. The molecule has 2 aromatic carbocycles. The molecule has 0 aliphatic carbocycles. The Morgan fingerprint density at radius 1 is 1.07 bits per heavy atom. The van der Waals surface area contributed by atoms with Gasteiger partial charge in [0.15, 0.2) is 0 Å². The van der Waals surface area contributed by atoms with Crippen LogP contribution in [0, 0.1) is 10.1 Å². The number of nitrogens with one attached hydrogen (secondary N) is 1. The Kier molecular flexibility index (Phi) is 5.62. The standard InChI is InChI=1S/C18H16N4O7S/c19-30(28,29)13-4-1-11(2-5-13)7-8-20-16(23)10-21-17(24)14-6-3-12(22(26)27)9-15(14)18(21)25/h1-6,9H,7-8,10H2,(H,20,23)(H2,19,28,29). The van der Waals surface area contributed by atoms with Crippen LogP contribution in [0.25, 0.3) is 0 Å². The average Bonchev–Trinajstić information content (AvgIpc) is 2.92. The highest BCUT2D eigenvalue weighted by Gasteiger charge is 2.37. The van der Waals surface area contributed by atoms with Crippen molar-refractivity contribution in [1.29, 1.82) is 0 Å². The van der Waals surface area contributed by atoms with Crippen molar-refractivity contribution in [3.05, 3.63) is 69.3 Å². The number of fused-ring (bicyclic) bond motifs is 1. The van der Waals surface area contributed by atoms with Gasteiger partial charge in [0.2, 0.25) is 15.9 Å². The van der Waals surface area contributed by atoms with Crippen LogP contribution in [0.3, 0.4) is 0 Å². The van der Waals surface area contributed by atoms with Crippen molar-refractivity contribution < 1.29 is 27.7 Å². The van der Waals surface area contributed by atoms with E-state index in [1.54, 1.807) is 12.1 Å². The molecule has 156 valence electrons. The van der Waals surface area contributed by atoms with Crippen LogP contribution < -0.4 is 10.5 Å². The maximum atomic E-state index is 12.4. The highest BCUT2D eigenvalue weighted by molar-refractivity contribution is 7.89. The monoisotopic (exact) mass is 432 g/mol. The molecular weight excluding hydrogens is 416 g/mol. The van der Waals surface area contributed by atoms with Crippen molar-refractivity contribution >= 4 is 33.4 Å². The summed E-state index contributed by atoms with van der Waals surface area (Å²) < 4.78 is 22.5. The smallest absolute Gasteiger partial charge is 0.270 e. The van der Waals surface area contributed by atoms with Crippen molar-refractivity contribution in [2.24, 2.45) is 5.14 Å². The summed E-state index contributed by atoms with van der Waals surface area (Å²) in [5.74, 6) is -2.05. The third-order valence-corrected chi connectivity index (χ3v) is 5.38. The first-order chi connectivity index (χ1) is 14.1. The lowest BCUT2D eigenvalue weighted by atomic mass is 10.1. The minimum absolute atomic E-state index is 0.00773. The molecule has 0 saturated carbocycles. The van der Waals surface area contributed by atoms with Crippen LogP contribution in [0.1, 0.15) is 26.3 Å². The number of nitro benzene ring substituents is 1. The van der Waals surface area contributed by atoms with Gasteiger partial charge in [-0.3, -0.25) is 29.4 Å². The van der Waals surface area contributed by atoms with E-state index in [2.05, 4.69) is 5.32 Å². The normalized spacial score (nSPS) is 13.3. The number of non-ortho nitro benzene ring substituents is 1. The van der Waals surface area contributed by atoms with E-state index in [1.807, 2.05) is 0 Å². The first kappa shape index (κ1) is 21.1. The van der Waals surface area contributed by atoms with Crippen molar-refractivity contribution in [3.63, 3.8) is 0 Å². The quantitative estimate of drug-likeness (QED) is 0.357. The lowest BCUT2D eigenvalue weighted by Gasteiger charge is -2.13. The van der Waals surface area contributed by atoms with Crippen LogP contribution in [-0.2, 0) is 21.2 Å². The van der Waals surface area contributed by atoms with E-state index in [1.165, 1.54) is 18.2 Å². The number of rotatable bonds is 7. The number of hydrogen-bond donors (Lipinski definition) is 2. The van der Waals surface area contributed by atoms with Crippen LogP contribution >= 0.6 is 0 Å². The Labute approximate surface area is 170 Å². The van der Waals surface area contributed by atoms with Crippen LogP contribution in [0.2, 0.25) is 0 Å². The summed E-state index contributed by atoms with van der Waals surface area (Å²) in [5, 5.41) is 18.4. The number of nitrogens with two attached hydrogens (primary N) is 1. The fourth-order valence-corrected chi connectivity index (χ4v) is 3.44. The maximum absolute atomic E-state index is 12.4. The van der Waals surface area contributed by atoms with Gasteiger partial charge in [0.05, 0.1) is 20.9 Å². The van der Waals surface area contributed by atoms with Crippen molar-refractivity contribution in [2.45, 2.75) is 11.3 Å². The van der Waals surface area contributed by atoms with Crippen molar-refractivity contribution in [1.82, 2.24) is 10.2 Å². The SMILES string of the molecule is NS(=O)(=O)c1ccc(CCNC(=O)CN2C(=O)c3ccc([N+](=O)[O-])cc3C2=O)cc1. The van der Waals surface area contributed by atoms with Gasteiger partial charge in [-0.25, -0.2) is 13.6 Å². The summed E-state index contributed by atoms with van der Waals surface area (Å²) in [6, 6.07) is 9.14. The molecule has 0 radical (unpaired) electrons. The topological polar surface area (TPSA) is 170 Å². The zero-order valence-corrected chi connectivity index (χ0v) is 16.2. The van der Waals surface area contributed by atoms with Gasteiger partial charge >= 0.3 is 0 Å². The molecule has 1 heterocycles. The number of hydrogen-bond acceptors (Lipinski definition) is 7. The summed E-state index contributed by atoms with van der Waals surface area (Å²) in [7, 11) is -3.78. The Hall–Kier alpha value is -3.64. The largest absolute Gasteiger partial charge is 0.354 e. The van der Waals surface area contributed by atoms with Crippen LogP contribution in [0.5, 0.6) is 0 Å². The number of nitrogens with zero attached hydrogens (tertiary/aromatic N) is 2. The molecule has 0 spiro atoms. The van der Waals surface area contributed by atoms with Crippen molar-refractivity contribution in [2.75, 3.05) is 13.1 Å². The van der Waals surface area contributed by atoms with Crippen LogP contribution in [0.4, 0.5) is 5.69 Å². The van der Waals surface area contributed by atoms with E-state index in [-0.39, 0.29) is 28.3 Å². The number of imide groups is 1. The minimum atomic E-state index is -3.78. The fraction of sp³-hybridized carbons (Fsp3) is 0.167. The summed E-state index contributed by atoms with van der Waals surface area (Å²) in [5.41, 5.74) is 0.315. The molecule has 30 heavy (non-hydrogen) atoms. The Bertz CT molecular complexity index is 1160. The third kappa shape index (κ3) is 4.34. The van der Waals surface area contributed by atoms with Gasteiger partial charge in [-0.15, -0.1) is 0 Å². The zero-order chi connectivity index (χ0) is 22.1. The second-order valence-corrected chi connectivity index (χ2v) is 8.03. The number of primary sulfonamides is 1. The molecule has 3 rings (SSSR count). The lowest BCUT2D eigenvalue weighted by Crippen LogP contribution is -2.40. The molecule has 2 aromatic rings. The predicted molar refractivity (Wildman–Crippen MR) is 103 cm³/mol. The number of carbonyl (C=O) groups excluding carboxylic acids is 3. The molecular formula is C18H16N4O7S. The second-order valence-electron chi connectivity index (χ2n) is 6.47. The fourth-order valence-electron chi connectivity index (χ4n) is 2.93. The number of nitro groups is 1. The van der Waals surface area contributed by atoms with Gasteiger partial charge in [0, 0.05) is 18.7 Å². The van der Waals surface area contributed by atoms with E-state index in [9.17, 15) is 32.9 Å². The zero-order valence-electron chi connectivity index (χ0n) is 15.4.